The van der Waals surface area contributed by atoms with E-state index in [-0.39, 0.29) is 5.91 Å². The van der Waals surface area contributed by atoms with Crippen LogP contribution in [0.25, 0.3) is 6.08 Å². The predicted octanol–water partition coefficient (Wildman–Crippen LogP) is 2.19. The third-order valence-electron chi connectivity index (χ3n) is 4.66. The van der Waals surface area contributed by atoms with Crippen LogP contribution in [0.4, 0.5) is 0 Å². The fourth-order valence-electron chi connectivity index (χ4n) is 3.22. The number of hydrogen-bond donors (Lipinski definition) is 0. The predicted molar refractivity (Wildman–Crippen MR) is 88.0 cm³/mol. The smallest absolute Gasteiger partial charge is 0.246 e. The van der Waals surface area contributed by atoms with Crippen LogP contribution in [0.5, 0.6) is 5.75 Å². The van der Waals surface area contributed by atoms with E-state index in [1.807, 2.05) is 30.2 Å². The van der Waals surface area contributed by atoms with Gasteiger partial charge in [0.05, 0.1) is 6.61 Å². The molecular weight excluding hydrogens is 276 g/mol. The highest BCUT2D eigenvalue weighted by Crippen LogP contribution is 2.26. The van der Waals surface area contributed by atoms with Crippen molar-refractivity contribution in [3.05, 3.63) is 35.4 Å². The molecule has 1 aromatic carbocycles. The van der Waals surface area contributed by atoms with Crippen molar-refractivity contribution in [3.8, 4) is 5.75 Å². The van der Waals surface area contributed by atoms with E-state index < -0.39 is 0 Å². The van der Waals surface area contributed by atoms with E-state index in [0.29, 0.717) is 6.04 Å². The molecular formula is C18H24N2O2. The first-order valence-corrected chi connectivity index (χ1v) is 8.02. The van der Waals surface area contributed by atoms with Crippen molar-refractivity contribution < 1.29 is 9.53 Å². The van der Waals surface area contributed by atoms with E-state index >= 15 is 0 Å². The summed E-state index contributed by atoms with van der Waals surface area (Å²) in [6, 6.07) is 6.60. The first kappa shape index (κ1) is 15.1. The molecule has 1 amide bonds. The van der Waals surface area contributed by atoms with E-state index in [1.54, 1.807) is 6.08 Å². The van der Waals surface area contributed by atoms with Gasteiger partial charge in [-0.15, -0.1) is 0 Å². The van der Waals surface area contributed by atoms with Gasteiger partial charge in [-0.25, -0.2) is 0 Å². The lowest BCUT2D eigenvalue weighted by Gasteiger charge is -2.25. The molecule has 3 rings (SSSR count). The number of ether oxygens (including phenoxy) is 1. The summed E-state index contributed by atoms with van der Waals surface area (Å²) in [5.74, 6) is 1.04. The van der Waals surface area contributed by atoms with Crippen molar-refractivity contribution >= 4 is 12.0 Å². The Hall–Kier alpha value is -1.81. The molecule has 2 aliphatic heterocycles. The SMILES string of the molecule is CN(CC1CCCN1C)C(=O)C=Cc1ccc2c(c1)CCO2. The van der Waals surface area contributed by atoms with Crippen LogP contribution in [0.1, 0.15) is 24.0 Å². The fraction of sp³-hybridized carbons (Fsp3) is 0.500. The number of nitrogens with zero attached hydrogens (tertiary/aromatic N) is 2. The molecule has 1 aromatic rings. The van der Waals surface area contributed by atoms with Crippen molar-refractivity contribution in [1.29, 1.82) is 0 Å². The molecule has 1 atom stereocenters. The first-order chi connectivity index (χ1) is 10.6. The zero-order chi connectivity index (χ0) is 15.5. The average molecular weight is 300 g/mol. The molecule has 4 nitrogen and oxygen atoms in total. The van der Waals surface area contributed by atoms with Gasteiger partial charge in [0, 0.05) is 32.1 Å². The van der Waals surface area contributed by atoms with Crippen molar-refractivity contribution in [2.24, 2.45) is 0 Å². The second kappa shape index (κ2) is 6.53. The minimum atomic E-state index is 0.0667. The lowest BCUT2D eigenvalue weighted by atomic mass is 10.1. The summed E-state index contributed by atoms with van der Waals surface area (Å²) < 4.78 is 5.50. The van der Waals surface area contributed by atoms with Crippen LogP contribution in [0.15, 0.2) is 24.3 Å². The molecule has 0 aliphatic carbocycles. The number of amides is 1. The van der Waals surface area contributed by atoms with Gasteiger partial charge in [-0.05, 0) is 55.8 Å². The number of fused-ring (bicyclic) bond motifs is 1. The van der Waals surface area contributed by atoms with E-state index in [1.165, 1.54) is 18.4 Å². The van der Waals surface area contributed by atoms with Gasteiger partial charge in [0.25, 0.3) is 0 Å². The zero-order valence-electron chi connectivity index (χ0n) is 13.4. The molecule has 4 heteroatoms. The molecule has 0 bridgehead atoms. The van der Waals surface area contributed by atoms with Crippen molar-refractivity contribution in [1.82, 2.24) is 9.80 Å². The highest BCUT2D eigenvalue weighted by atomic mass is 16.5. The third-order valence-corrected chi connectivity index (χ3v) is 4.66. The van der Waals surface area contributed by atoms with Gasteiger partial charge in [-0.2, -0.15) is 0 Å². The highest BCUT2D eigenvalue weighted by molar-refractivity contribution is 5.91. The Kier molecular flexibility index (Phi) is 4.48. The number of rotatable bonds is 4. The molecule has 1 saturated heterocycles. The number of benzene rings is 1. The number of likely N-dealkylation sites (tertiary alicyclic amines) is 1. The Bertz CT molecular complexity index is 582. The van der Waals surface area contributed by atoms with Crippen LogP contribution in [-0.4, -0.2) is 55.5 Å². The Balaban J connectivity index is 1.58. The maximum atomic E-state index is 12.2. The Morgan fingerprint density at radius 3 is 3.14 bits per heavy atom. The highest BCUT2D eigenvalue weighted by Gasteiger charge is 2.23. The summed E-state index contributed by atoms with van der Waals surface area (Å²) in [6.07, 6.45) is 6.94. The molecule has 0 saturated carbocycles. The van der Waals surface area contributed by atoms with Crippen LogP contribution in [0.3, 0.4) is 0 Å². The van der Waals surface area contributed by atoms with Crippen LogP contribution in [0, 0.1) is 0 Å². The van der Waals surface area contributed by atoms with Crippen molar-refractivity contribution in [2.75, 3.05) is 33.8 Å². The second-order valence-electron chi connectivity index (χ2n) is 6.29. The summed E-state index contributed by atoms with van der Waals surface area (Å²) in [5.41, 5.74) is 2.29. The van der Waals surface area contributed by atoms with Gasteiger partial charge in [-0.3, -0.25) is 4.79 Å². The minimum absolute atomic E-state index is 0.0667. The van der Waals surface area contributed by atoms with Crippen LogP contribution < -0.4 is 4.74 Å². The summed E-state index contributed by atoms with van der Waals surface area (Å²) in [5, 5.41) is 0. The lowest BCUT2D eigenvalue weighted by Crippen LogP contribution is -2.38. The lowest BCUT2D eigenvalue weighted by molar-refractivity contribution is -0.125. The zero-order valence-corrected chi connectivity index (χ0v) is 13.4. The maximum absolute atomic E-state index is 12.2. The number of carbonyl (C=O) groups excluding carboxylic acids is 1. The summed E-state index contributed by atoms with van der Waals surface area (Å²) >= 11 is 0. The van der Waals surface area contributed by atoms with Crippen LogP contribution in [0.2, 0.25) is 0 Å². The van der Waals surface area contributed by atoms with E-state index in [0.717, 1.165) is 37.4 Å². The quantitative estimate of drug-likeness (QED) is 0.799. The normalized spacial score (nSPS) is 21.1. The van der Waals surface area contributed by atoms with Gasteiger partial charge in [0.2, 0.25) is 5.91 Å². The van der Waals surface area contributed by atoms with Crippen molar-refractivity contribution in [3.63, 3.8) is 0 Å². The topological polar surface area (TPSA) is 32.8 Å². The Labute approximate surface area is 132 Å². The van der Waals surface area contributed by atoms with E-state index in [4.69, 9.17) is 4.74 Å². The molecule has 0 N–H and O–H groups in total. The number of carbonyl (C=O) groups is 1. The molecule has 118 valence electrons. The summed E-state index contributed by atoms with van der Waals surface area (Å²) in [6.45, 7) is 2.70. The van der Waals surface area contributed by atoms with Crippen LogP contribution in [-0.2, 0) is 11.2 Å². The van der Waals surface area contributed by atoms with Gasteiger partial charge < -0.3 is 14.5 Å². The summed E-state index contributed by atoms with van der Waals surface area (Å²) in [4.78, 5) is 16.4. The molecule has 0 aromatic heterocycles. The Morgan fingerprint density at radius 1 is 1.50 bits per heavy atom. The fourth-order valence-corrected chi connectivity index (χ4v) is 3.22. The van der Waals surface area contributed by atoms with Gasteiger partial charge >= 0.3 is 0 Å². The molecule has 2 aliphatic rings. The molecule has 1 fully saturated rings. The van der Waals surface area contributed by atoms with Gasteiger partial charge in [-0.1, -0.05) is 6.07 Å². The van der Waals surface area contributed by atoms with E-state index in [2.05, 4.69) is 18.0 Å². The molecule has 0 radical (unpaired) electrons. The number of likely N-dealkylation sites (N-methyl/N-ethyl adjacent to an activating group) is 2. The average Bonchev–Trinajstić information content (AvgIpc) is 3.13. The standard InChI is InChI=1S/C18H24N2O2/c1-19-10-3-4-16(19)13-20(2)18(21)8-6-14-5-7-17-15(12-14)9-11-22-17/h5-8,12,16H,3-4,9-11,13H2,1-2H3. The van der Waals surface area contributed by atoms with Gasteiger partial charge in [0.15, 0.2) is 0 Å². The summed E-state index contributed by atoms with van der Waals surface area (Å²) in [7, 11) is 4.02. The van der Waals surface area contributed by atoms with Crippen molar-refractivity contribution in [2.45, 2.75) is 25.3 Å². The largest absolute Gasteiger partial charge is 0.493 e. The first-order valence-electron chi connectivity index (χ1n) is 8.02. The Morgan fingerprint density at radius 2 is 2.36 bits per heavy atom. The van der Waals surface area contributed by atoms with Gasteiger partial charge in [0.1, 0.15) is 5.75 Å². The van der Waals surface area contributed by atoms with E-state index in [9.17, 15) is 4.79 Å². The maximum Gasteiger partial charge on any atom is 0.246 e. The van der Waals surface area contributed by atoms with Crippen LogP contribution >= 0.6 is 0 Å². The second-order valence-corrected chi connectivity index (χ2v) is 6.29. The molecule has 2 heterocycles. The third kappa shape index (κ3) is 3.33. The molecule has 1 unspecified atom stereocenters. The minimum Gasteiger partial charge on any atom is -0.493 e. The number of hydrogen-bond acceptors (Lipinski definition) is 3. The molecule has 0 spiro atoms. The molecule has 22 heavy (non-hydrogen) atoms. The monoisotopic (exact) mass is 300 g/mol.